The van der Waals surface area contributed by atoms with Crippen molar-refractivity contribution in [3.8, 4) is 56.5 Å². The van der Waals surface area contributed by atoms with Crippen molar-refractivity contribution in [1.82, 2.24) is 15.0 Å². The first-order valence-electron chi connectivity index (χ1n) is 21.6. The molecule has 2 unspecified atom stereocenters. The molecule has 284 valence electrons. The molecule has 2 heterocycles. The van der Waals surface area contributed by atoms with Crippen LogP contribution in [0.25, 0.3) is 45.0 Å². The van der Waals surface area contributed by atoms with Crippen LogP contribution in [0.4, 0.5) is 0 Å². The molecule has 7 aromatic rings. The number of rotatable bonds is 4. The molecule has 5 aliphatic carbocycles. The molecule has 6 aromatic carbocycles. The first-order chi connectivity index (χ1) is 28.5. The van der Waals surface area contributed by atoms with Crippen molar-refractivity contribution in [1.29, 1.82) is 0 Å². The van der Waals surface area contributed by atoms with Gasteiger partial charge in [0.05, 0.1) is 5.41 Å². The van der Waals surface area contributed by atoms with E-state index in [-0.39, 0.29) is 5.41 Å². The second-order valence-electron chi connectivity index (χ2n) is 18.3. The topological polar surface area (TPSA) is 47.9 Å². The molecule has 1 aliphatic heterocycles. The molecule has 0 N–H and O–H groups in total. The molecule has 4 atom stereocenters. The van der Waals surface area contributed by atoms with Gasteiger partial charge in [-0.2, -0.15) is 0 Å². The Labute approximate surface area is 341 Å². The van der Waals surface area contributed by atoms with Gasteiger partial charge in [0.1, 0.15) is 17.3 Å². The standard InChI is InChI=1S/C54H47N3O/c1-52-30-12-11-15-35-28-29-39(52)33-53(32-35,34-52)51-56-49(36-16-3-2-4-17-36)55-50(57-51)38-19-13-18-37(31-38)40-22-14-26-46-48(40)58-47-27-10-9-25-45(47)54(46)43-23-7-5-20-41(43)42-21-6-8-24-44(42)54/h2-10,13-14,16-27,31,35,39H,11-12,15,28-30,32-34H2,1H3/t35-,39?,52-,53?/m1/s1. The summed E-state index contributed by atoms with van der Waals surface area (Å²) >= 11 is 0. The third-order valence-corrected chi connectivity index (χ3v) is 15.0. The van der Waals surface area contributed by atoms with Crippen molar-refractivity contribution in [3.05, 3.63) is 174 Å². The first-order valence-corrected chi connectivity index (χ1v) is 21.6. The molecule has 0 amide bonds. The molecule has 6 aliphatic rings. The lowest BCUT2D eigenvalue weighted by atomic mass is 9.65. The molecular formula is C54H47N3O. The summed E-state index contributed by atoms with van der Waals surface area (Å²) in [6.45, 7) is 2.59. The van der Waals surface area contributed by atoms with Crippen LogP contribution < -0.4 is 4.74 Å². The van der Waals surface area contributed by atoms with Crippen LogP contribution in [0.5, 0.6) is 11.5 Å². The Bertz CT molecular complexity index is 2710. The van der Waals surface area contributed by atoms with Crippen LogP contribution in [0.1, 0.15) is 92.8 Å². The number of para-hydroxylation sites is 2. The molecule has 4 bridgehead atoms. The van der Waals surface area contributed by atoms with E-state index in [4.69, 9.17) is 19.7 Å². The minimum absolute atomic E-state index is 0.0222. The van der Waals surface area contributed by atoms with E-state index in [9.17, 15) is 0 Å². The van der Waals surface area contributed by atoms with Crippen LogP contribution in [-0.2, 0) is 10.8 Å². The molecule has 4 nitrogen and oxygen atoms in total. The number of ether oxygens (including phenoxy) is 1. The highest BCUT2D eigenvalue weighted by molar-refractivity contribution is 5.90. The second-order valence-corrected chi connectivity index (χ2v) is 18.3. The number of benzene rings is 6. The summed E-state index contributed by atoms with van der Waals surface area (Å²) in [4.78, 5) is 16.3. The van der Waals surface area contributed by atoms with Crippen LogP contribution in [0, 0.1) is 17.3 Å². The highest BCUT2D eigenvalue weighted by atomic mass is 16.5. The van der Waals surface area contributed by atoms with Gasteiger partial charge in [-0.15, -0.1) is 0 Å². The predicted octanol–water partition coefficient (Wildman–Crippen LogP) is 13.4. The minimum atomic E-state index is -0.510. The first kappa shape index (κ1) is 34.2. The van der Waals surface area contributed by atoms with Gasteiger partial charge in [-0.1, -0.05) is 166 Å². The van der Waals surface area contributed by atoms with Crippen molar-refractivity contribution >= 4 is 0 Å². The normalized spacial score (nSPS) is 24.4. The zero-order chi connectivity index (χ0) is 38.5. The van der Waals surface area contributed by atoms with Gasteiger partial charge in [0.25, 0.3) is 0 Å². The largest absolute Gasteiger partial charge is 0.456 e. The van der Waals surface area contributed by atoms with E-state index in [1.54, 1.807) is 0 Å². The van der Waals surface area contributed by atoms with Gasteiger partial charge in [-0.25, -0.2) is 15.0 Å². The van der Waals surface area contributed by atoms with Crippen molar-refractivity contribution < 1.29 is 4.74 Å². The average Bonchev–Trinajstić information content (AvgIpc) is 3.69. The molecule has 0 saturated heterocycles. The Morgan fingerprint density at radius 2 is 1.17 bits per heavy atom. The summed E-state index contributed by atoms with van der Waals surface area (Å²) in [5, 5.41) is 0. The second kappa shape index (κ2) is 12.8. The van der Waals surface area contributed by atoms with Gasteiger partial charge in [0, 0.05) is 33.2 Å². The van der Waals surface area contributed by atoms with Crippen LogP contribution in [0.3, 0.4) is 0 Å². The van der Waals surface area contributed by atoms with E-state index in [0.717, 1.165) is 63.1 Å². The zero-order valence-electron chi connectivity index (χ0n) is 33.1. The molecule has 4 saturated carbocycles. The van der Waals surface area contributed by atoms with Crippen molar-refractivity contribution in [3.63, 3.8) is 0 Å². The van der Waals surface area contributed by atoms with Gasteiger partial charge in [-0.3, -0.25) is 0 Å². The van der Waals surface area contributed by atoms with Crippen LogP contribution in [0.15, 0.2) is 146 Å². The van der Waals surface area contributed by atoms with Crippen molar-refractivity contribution in [2.24, 2.45) is 17.3 Å². The zero-order valence-corrected chi connectivity index (χ0v) is 33.1. The summed E-state index contributed by atoms with van der Waals surface area (Å²) in [5.41, 5.74) is 11.5. The molecule has 4 fully saturated rings. The van der Waals surface area contributed by atoms with Crippen LogP contribution in [-0.4, -0.2) is 15.0 Å². The van der Waals surface area contributed by atoms with E-state index in [0.29, 0.717) is 5.41 Å². The molecule has 13 rings (SSSR count). The fourth-order valence-electron chi connectivity index (χ4n) is 12.6. The molecule has 58 heavy (non-hydrogen) atoms. The predicted molar refractivity (Wildman–Crippen MR) is 232 cm³/mol. The summed E-state index contributed by atoms with van der Waals surface area (Å²) in [6.07, 6.45) is 11.6. The minimum Gasteiger partial charge on any atom is -0.456 e. The Kier molecular flexibility index (Phi) is 7.56. The van der Waals surface area contributed by atoms with Crippen LogP contribution >= 0.6 is 0 Å². The molecule has 4 heteroatoms. The van der Waals surface area contributed by atoms with Gasteiger partial charge in [0.2, 0.25) is 0 Å². The highest BCUT2D eigenvalue weighted by Gasteiger charge is 2.56. The summed E-state index contributed by atoms with van der Waals surface area (Å²) in [6, 6.07) is 52.5. The molecule has 1 aromatic heterocycles. The molecule has 1 spiro atoms. The molecule has 0 radical (unpaired) electrons. The van der Waals surface area contributed by atoms with E-state index >= 15 is 0 Å². The van der Waals surface area contributed by atoms with Crippen LogP contribution in [0.2, 0.25) is 0 Å². The fourth-order valence-corrected chi connectivity index (χ4v) is 12.6. The van der Waals surface area contributed by atoms with E-state index in [1.807, 2.05) is 0 Å². The Morgan fingerprint density at radius 1 is 0.534 bits per heavy atom. The quantitative estimate of drug-likeness (QED) is 0.180. The van der Waals surface area contributed by atoms with Gasteiger partial charge in [0.15, 0.2) is 11.6 Å². The van der Waals surface area contributed by atoms with Gasteiger partial charge in [-0.05, 0) is 89.3 Å². The maximum Gasteiger partial charge on any atom is 0.163 e. The highest BCUT2D eigenvalue weighted by Crippen LogP contribution is 2.64. The third-order valence-electron chi connectivity index (χ3n) is 15.0. The maximum absolute atomic E-state index is 7.06. The number of fused-ring (bicyclic) bond motifs is 13. The SMILES string of the molecule is C[C@]12CCCC[C@@H]3CCC1CC(c1nc(-c4ccccc4)nc(-c4cccc(-c5cccc6c5Oc5ccccc5C65c6ccccc6-c6ccccc65)c4)n1)(C3)C2. The fraction of sp³-hybridized carbons (Fsp3) is 0.278. The molecular weight excluding hydrogens is 707 g/mol. The van der Waals surface area contributed by atoms with Gasteiger partial charge < -0.3 is 4.74 Å². The third kappa shape index (κ3) is 4.96. The maximum atomic E-state index is 7.06. The van der Waals surface area contributed by atoms with Gasteiger partial charge >= 0.3 is 0 Å². The number of hydrogen-bond acceptors (Lipinski definition) is 4. The summed E-state index contributed by atoms with van der Waals surface area (Å²) in [7, 11) is 0. The number of nitrogens with zero attached hydrogens (tertiary/aromatic N) is 3. The van der Waals surface area contributed by atoms with E-state index in [2.05, 4.69) is 153 Å². The smallest absolute Gasteiger partial charge is 0.163 e. The lowest BCUT2D eigenvalue weighted by Gasteiger charge is -2.40. The Balaban J connectivity index is 1.03. The van der Waals surface area contributed by atoms with E-state index in [1.165, 1.54) is 91.2 Å². The lowest BCUT2D eigenvalue weighted by molar-refractivity contribution is 0.175. The monoisotopic (exact) mass is 753 g/mol. The Hall–Kier alpha value is -5.87. The Morgan fingerprint density at radius 3 is 1.98 bits per heavy atom. The summed E-state index contributed by atoms with van der Waals surface area (Å²) in [5.74, 6) is 5.82. The number of aromatic nitrogens is 3. The number of hydrogen-bond donors (Lipinski definition) is 0. The lowest BCUT2D eigenvalue weighted by Crippen LogP contribution is -2.32. The van der Waals surface area contributed by atoms with E-state index < -0.39 is 5.41 Å². The average molecular weight is 754 g/mol. The summed E-state index contributed by atoms with van der Waals surface area (Å²) < 4.78 is 7.06. The van der Waals surface area contributed by atoms with Crippen molar-refractivity contribution in [2.75, 3.05) is 0 Å². The van der Waals surface area contributed by atoms with Crippen molar-refractivity contribution in [2.45, 2.75) is 75.5 Å².